The maximum atomic E-state index is 12.3. The SMILES string of the molecule is COc1cccc(-c2ccc(C(=O)NCCCCN3CCCCC3)cc2)c1. The summed E-state index contributed by atoms with van der Waals surface area (Å²) in [5.74, 6) is 0.837. The molecule has 27 heavy (non-hydrogen) atoms. The topological polar surface area (TPSA) is 41.6 Å². The maximum absolute atomic E-state index is 12.3. The van der Waals surface area contributed by atoms with Crippen LogP contribution in [0.15, 0.2) is 48.5 Å². The van der Waals surface area contributed by atoms with Crippen LogP contribution in [0.2, 0.25) is 0 Å². The Hall–Kier alpha value is -2.33. The number of carbonyl (C=O) groups excluding carboxylic acids is 1. The van der Waals surface area contributed by atoms with Crippen LogP contribution in [0.5, 0.6) is 5.75 Å². The second-order valence-corrected chi connectivity index (χ2v) is 7.17. The van der Waals surface area contributed by atoms with E-state index >= 15 is 0 Å². The minimum Gasteiger partial charge on any atom is -0.497 e. The van der Waals surface area contributed by atoms with Crippen LogP contribution in [0, 0.1) is 0 Å². The van der Waals surface area contributed by atoms with E-state index in [1.165, 1.54) is 32.4 Å². The van der Waals surface area contributed by atoms with Gasteiger partial charge in [-0.3, -0.25) is 4.79 Å². The summed E-state index contributed by atoms with van der Waals surface area (Å²) >= 11 is 0. The molecule has 0 saturated carbocycles. The molecular weight excluding hydrogens is 336 g/mol. The van der Waals surface area contributed by atoms with E-state index in [1.54, 1.807) is 7.11 Å². The minimum atomic E-state index is 0.00478. The van der Waals surface area contributed by atoms with Crippen LogP contribution < -0.4 is 10.1 Å². The van der Waals surface area contributed by atoms with Crippen molar-refractivity contribution >= 4 is 5.91 Å². The van der Waals surface area contributed by atoms with Gasteiger partial charge in [-0.15, -0.1) is 0 Å². The number of nitrogens with zero attached hydrogens (tertiary/aromatic N) is 1. The quantitative estimate of drug-likeness (QED) is 0.706. The highest BCUT2D eigenvalue weighted by Gasteiger charge is 2.09. The number of nitrogens with one attached hydrogen (secondary N) is 1. The molecule has 0 spiro atoms. The average molecular weight is 367 g/mol. The van der Waals surface area contributed by atoms with Gasteiger partial charge in [0.2, 0.25) is 0 Å². The first-order valence-electron chi connectivity index (χ1n) is 10.0. The van der Waals surface area contributed by atoms with Crippen molar-refractivity contribution in [1.29, 1.82) is 0 Å². The van der Waals surface area contributed by atoms with Crippen molar-refractivity contribution in [3.05, 3.63) is 54.1 Å². The summed E-state index contributed by atoms with van der Waals surface area (Å²) in [6.07, 6.45) is 6.23. The van der Waals surface area contributed by atoms with Crippen molar-refractivity contribution in [2.75, 3.05) is 33.3 Å². The largest absolute Gasteiger partial charge is 0.497 e. The molecule has 1 fully saturated rings. The van der Waals surface area contributed by atoms with Gasteiger partial charge in [0.15, 0.2) is 0 Å². The van der Waals surface area contributed by atoms with E-state index in [0.717, 1.165) is 42.8 Å². The minimum absolute atomic E-state index is 0.00478. The predicted octanol–water partition coefficient (Wildman–Crippen LogP) is 4.36. The summed E-state index contributed by atoms with van der Waals surface area (Å²) in [5, 5.41) is 3.04. The van der Waals surface area contributed by atoms with E-state index in [-0.39, 0.29) is 5.91 Å². The molecule has 0 radical (unpaired) electrons. The molecule has 1 saturated heterocycles. The number of ether oxygens (including phenoxy) is 1. The summed E-state index contributed by atoms with van der Waals surface area (Å²) in [6, 6.07) is 15.7. The number of carbonyl (C=O) groups is 1. The maximum Gasteiger partial charge on any atom is 0.251 e. The van der Waals surface area contributed by atoms with Crippen molar-refractivity contribution in [3.63, 3.8) is 0 Å². The van der Waals surface area contributed by atoms with Gasteiger partial charge in [-0.2, -0.15) is 0 Å². The number of piperidine rings is 1. The summed E-state index contributed by atoms with van der Waals surface area (Å²) in [6.45, 7) is 4.38. The van der Waals surface area contributed by atoms with E-state index in [2.05, 4.69) is 10.2 Å². The zero-order chi connectivity index (χ0) is 18.9. The van der Waals surface area contributed by atoms with E-state index in [9.17, 15) is 4.79 Å². The fourth-order valence-electron chi connectivity index (χ4n) is 3.56. The second-order valence-electron chi connectivity index (χ2n) is 7.17. The van der Waals surface area contributed by atoms with E-state index in [0.29, 0.717) is 5.56 Å². The molecule has 1 amide bonds. The summed E-state index contributed by atoms with van der Waals surface area (Å²) in [7, 11) is 1.67. The van der Waals surface area contributed by atoms with Gasteiger partial charge in [-0.25, -0.2) is 0 Å². The standard InChI is InChI=1S/C23H30N2O2/c1-27-22-9-7-8-21(18-22)19-10-12-20(13-11-19)23(26)24-14-3-6-17-25-15-4-2-5-16-25/h7-13,18H,2-6,14-17H2,1H3,(H,24,26). The van der Waals surface area contributed by atoms with Crippen molar-refractivity contribution < 1.29 is 9.53 Å². The van der Waals surface area contributed by atoms with Crippen LogP contribution in [-0.2, 0) is 0 Å². The van der Waals surface area contributed by atoms with E-state index < -0.39 is 0 Å². The normalized spacial score (nSPS) is 14.7. The Morgan fingerprint density at radius 1 is 1.00 bits per heavy atom. The summed E-state index contributed by atoms with van der Waals surface area (Å²) < 4.78 is 5.27. The lowest BCUT2D eigenvalue weighted by molar-refractivity contribution is 0.0952. The smallest absolute Gasteiger partial charge is 0.251 e. The summed E-state index contributed by atoms with van der Waals surface area (Å²) in [4.78, 5) is 14.9. The highest BCUT2D eigenvalue weighted by atomic mass is 16.5. The first-order chi connectivity index (χ1) is 13.3. The van der Waals surface area contributed by atoms with Gasteiger partial charge in [-0.1, -0.05) is 30.7 Å². The van der Waals surface area contributed by atoms with Gasteiger partial charge < -0.3 is 15.0 Å². The van der Waals surface area contributed by atoms with Gasteiger partial charge in [0.25, 0.3) is 5.91 Å². The fraction of sp³-hybridized carbons (Fsp3) is 0.435. The second kappa shape index (κ2) is 10.1. The zero-order valence-corrected chi connectivity index (χ0v) is 16.2. The third-order valence-electron chi connectivity index (χ3n) is 5.19. The number of methoxy groups -OCH3 is 1. The van der Waals surface area contributed by atoms with Crippen LogP contribution in [0.25, 0.3) is 11.1 Å². The Labute approximate surface area is 162 Å². The third kappa shape index (κ3) is 5.83. The lowest BCUT2D eigenvalue weighted by Gasteiger charge is -2.26. The number of benzene rings is 2. The van der Waals surface area contributed by atoms with Gasteiger partial charge in [0.05, 0.1) is 7.11 Å². The third-order valence-corrected chi connectivity index (χ3v) is 5.19. The molecule has 2 aromatic carbocycles. The number of amides is 1. The van der Waals surface area contributed by atoms with Crippen LogP contribution in [0.4, 0.5) is 0 Å². The van der Waals surface area contributed by atoms with Crippen molar-refractivity contribution in [1.82, 2.24) is 10.2 Å². The lowest BCUT2D eigenvalue weighted by Crippen LogP contribution is -2.31. The highest BCUT2D eigenvalue weighted by Crippen LogP contribution is 2.24. The van der Waals surface area contributed by atoms with E-state index in [4.69, 9.17) is 4.74 Å². The molecule has 0 bridgehead atoms. The Morgan fingerprint density at radius 3 is 2.52 bits per heavy atom. The van der Waals surface area contributed by atoms with Gasteiger partial charge in [0, 0.05) is 12.1 Å². The Balaban J connectivity index is 1.43. The molecule has 3 rings (SSSR count). The molecule has 0 aromatic heterocycles. The van der Waals surface area contributed by atoms with Crippen molar-refractivity contribution in [2.45, 2.75) is 32.1 Å². The number of hydrogen-bond acceptors (Lipinski definition) is 3. The number of hydrogen-bond donors (Lipinski definition) is 1. The van der Waals surface area contributed by atoms with Crippen molar-refractivity contribution in [2.24, 2.45) is 0 Å². The van der Waals surface area contributed by atoms with Crippen molar-refractivity contribution in [3.8, 4) is 16.9 Å². The molecule has 0 unspecified atom stereocenters. The monoisotopic (exact) mass is 366 g/mol. The molecular formula is C23H30N2O2. The predicted molar refractivity (Wildman–Crippen MR) is 110 cm³/mol. The zero-order valence-electron chi connectivity index (χ0n) is 16.2. The average Bonchev–Trinajstić information content (AvgIpc) is 2.74. The van der Waals surface area contributed by atoms with Crippen LogP contribution >= 0.6 is 0 Å². The first kappa shape index (κ1) is 19.4. The summed E-state index contributed by atoms with van der Waals surface area (Å²) in [5.41, 5.74) is 2.86. The highest BCUT2D eigenvalue weighted by molar-refractivity contribution is 5.94. The first-order valence-corrected chi connectivity index (χ1v) is 10.0. The lowest BCUT2D eigenvalue weighted by atomic mass is 10.0. The molecule has 1 N–H and O–H groups in total. The fourth-order valence-corrected chi connectivity index (χ4v) is 3.56. The molecule has 4 heteroatoms. The van der Waals surface area contributed by atoms with Gasteiger partial charge in [0.1, 0.15) is 5.75 Å². The molecule has 144 valence electrons. The molecule has 0 aliphatic carbocycles. The number of likely N-dealkylation sites (tertiary alicyclic amines) is 1. The van der Waals surface area contributed by atoms with Crippen LogP contribution in [-0.4, -0.2) is 44.1 Å². The molecule has 1 heterocycles. The van der Waals surface area contributed by atoms with Crippen LogP contribution in [0.1, 0.15) is 42.5 Å². The molecule has 1 aliphatic heterocycles. The van der Waals surface area contributed by atoms with E-state index in [1.807, 2.05) is 48.5 Å². The Kier molecular flexibility index (Phi) is 7.28. The van der Waals surface area contributed by atoms with Gasteiger partial charge in [-0.05, 0) is 80.7 Å². The Bertz CT molecular complexity index is 721. The van der Waals surface area contributed by atoms with Gasteiger partial charge >= 0.3 is 0 Å². The van der Waals surface area contributed by atoms with Crippen LogP contribution in [0.3, 0.4) is 0 Å². The number of rotatable bonds is 8. The molecule has 2 aromatic rings. The molecule has 1 aliphatic rings. The number of unbranched alkanes of at least 4 members (excludes halogenated alkanes) is 1. The Morgan fingerprint density at radius 2 is 1.78 bits per heavy atom. The molecule has 0 atom stereocenters. The molecule has 4 nitrogen and oxygen atoms in total.